The summed E-state index contributed by atoms with van der Waals surface area (Å²) in [7, 11) is 0. The Morgan fingerprint density at radius 1 is 0.239 bits per heavy atom. The minimum Gasteiger partial charge on any atom is -1.00 e. The van der Waals surface area contributed by atoms with Crippen molar-refractivity contribution in [1.82, 2.24) is 0 Å². The molecule has 0 bridgehead atoms. The fourth-order valence-corrected chi connectivity index (χ4v) is 0. The monoisotopic (exact) mass is 708 g/mol. The van der Waals surface area contributed by atoms with Crippen LogP contribution in [0.4, 0.5) is 0 Å². The molecule has 0 unspecified atom stereocenters. The van der Waals surface area contributed by atoms with Crippen LogP contribution in [0.3, 0.4) is 0 Å². The van der Waals surface area contributed by atoms with E-state index in [9.17, 15) is 0 Å². The van der Waals surface area contributed by atoms with Crippen LogP contribution in [-0.4, -0.2) is 205 Å². The van der Waals surface area contributed by atoms with Crippen LogP contribution in [0.25, 0.3) is 0 Å². The Morgan fingerprint density at radius 3 is 0.261 bits per heavy atom. The van der Waals surface area contributed by atoms with Crippen molar-refractivity contribution in [2.75, 3.05) is 59.5 Å². The number of hydrogen-bond acceptors (Lipinski definition) is 18. The number of carbonyl (C=O) groups is 9. The van der Waals surface area contributed by atoms with E-state index in [0.29, 0.717) is 0 Å². The third-order valence-corrected chi connectivity index (χ3v) is 1.22. The molecule has 0 aromatic carbocycles. The standard InChI is InChI=1S/9C2H4O3.Na.H/c9*3-1-2(4)5;;/h9*3H,1H2,(H,4,5);;/q;;;;;;;;;+1;-1. The van der Waals surface area contributed by atoms with Gasteiger partial charge in [0, 0.05) is 0 Å². The van der Waals surface area contributed by atoms with Gasteiger partial charge in [-0.3, -0.25) is 0 Å². The molecular weight excluding hydrogens is 671 g/mol. The van der Waals surface area contributed by atoms with Crippen molar-refractivity contribution in [1.29, 1.82) is 0 Å². The minimum absolute atomic E-state index is 0. The SMILES string of the molecule is O=C(O)CO.O=C(O)CO.O=C(O)CO.O=C(O)CO.O=C(O)CO.O=C(O)CO.O=C(O)CO.O=C(O)CO.O=C(O)CO.[H-].[Na+]. The molecule has 0 rings (SSSR count). The average molecular weight is 708 g/mol. The molecule has 0 aliphatic heterocycles. The van der Waals surface area contributed by atoms with Gasteiger partial charge in [0.15, 0.2) is 0 Å². The van der Waals surface area contributed by atoms with Crippen LogP contribution >= 0.6 is 0 Å². The van der Waals surface area contributed by atoms with Crippen LogP contribution in [-0.2, 0) is 43.2 Å². The van der Waals surface area contributed by atoms with Gasteiger partial charge in [-0.1, -0.05) is 0 Å². The third-order valence-electron chi connectivity index (χ3n) is 1.22. The third kappa shape index (κ3) is 313. The summed E-state index contributed by atoms with van der Waals surface area (Å²) in [4.78, 5) is 82.1. The fourth-order valence-electron chi connectivity index (χ4n) is 0. The van der Waals surface area contributed by atoms with Crippen LogP contribution < -0.4 is 29.6 Å². The molecular formula is C18H37NaO27. The van der Waals surface area contributed by atoms with E-state index in [0.717, 1.165) is 0 Å². The van der Waals surface area contributed by atoms with Gasteiger partial charge < -0.3 is 93.3 Å². The topological polar surface area (TPSA) is 518 Å². The largest absolute Gasteiger partial charge is 1.00 e. The molecule has 0 amide bonds. The van der Waals surface area contributed by atoms with E-state index in [-0.39, 0.29) is 31.0 Å². The van der Waals surface area contributed by atoms with Crippen LogP contribution in [0.15, 0.2) is 0 Å². The summed E-state index contributed by atoms with van der Waals surface area (Å²) in [5.74, 6) is -10.7. The van der Waals surface area contributed by atoms with Crippen LogP contribution in [0.1, 0.15) is 1.43 Å². The Hall–Kier alpha value is -4.13. The Morgan fingerprint density at radius 2 is 0.261 bits per heavy atom. The molecule has 0 fully saturated rings. The second-order valence-electron chi connectivity index (χ2n) is 4.97. The van der Waals surface area contributed by atoms with Gasteiger partial charge in [0.25, 0.3) is 0 Å². The summed E-state index contributed by atoms with van der Waals surface area (Å²) in [5, 5.41) is 135. The van der Waals surface area contributed by atoms with E-state index in [1.807, 2.05) is 0 Å². The summed E-state index contributed by atoms with van der Waals surface area (Å²) in [6, 6.07) is 0. The molecule has 28 heteroatoms. The maximum absolute atomic E-state index is 9.12. The summed E-state index contributed by atoms with van der Waals surface area (Å²) in [5.41, 5.74) is 0. The Labute approximate surface area is 279 Å². The summed E-state index contributed by atoms with van der Waals surface area (Å²) >= 11 is 0. The van der Waals surface area contributed by atoms with Crippen molar-refractivity contribution in [2.45, 2.75) is 0 Å². The molecule has 27 nitrogen and oxygen atoms in total. The van der Waals surface area contributed by atoms with Gasteiger partial charge >= 0.3 is 83.3 Å². The van der Waals surface area contributed by atoms with Crippen molar-refractivity contribution in [3.05, 3.63) is 0 Å². The van der Waals surface area contributed by atoms with E-state index >= 15 is 0 Å². The van der Waals surface area contributed by atoms with E-state index in [1.54, 1.807) is 0 Å². The smallest absolute Gasteiger partial charge is 1.00 e. The maximum Gasteiger partial charge on any atom is 1.00 e. The molecule has 0 heterocycles. The first-order chi connectivity index (χ1) is 20.4. The molecule has 0 aliphatic carbocycles. The van der Waals surface area contributed by atoms with Gasteiger partial charge in [-0.15, -0.1) is 0 Å². The van der Waals surface area contributed by atoms with Gasteiger partial charge in [0.2, 0.25) is 0 Å². The number of carboxylic acids is 9. The van der Waals surface area contributed by atoms with Gasteiger partial charge in [-0.2, -0.15) is 0 Å². The van der Waals surface area contributed by atoms with Crippen molar-refractivity contribution < 1.29 is 166 Å². The van der Waals surface area contributed by atoms with E-state index in [1.165, 1.54) is 0 Å². The van der Waals surface area contributed by atoms with E-state index in [4.69, 9.17) is 135 Å². The summed E-state index contributed by atoms with van der Waals surface area (Å²) < 4.78 is 0. The zero-order chi connectivity index (χ0) is 38.6. The molecule has 0 aromatic heterocycles. The number of carboxylic acid groups (broad SMARTS) is 9. The molecule has 0 atom stereocenters. The van der Waals surface area contributed by atoms with Crippen molar-refractivity contribution in [3.63, 3.8) is 0 Å². The number of rotatable bonds is 9. The zero-order valence-corrected chi connectivity index (χ0v) is 25.6. The van der Waals surface area contributed by atoms with Crippen molar-refractivity contribution in [3.8, 4) is 0 Å². The summed E-state index contributed by atoms with van der Waals surface area (Å²) in [6.45, 7) is -7.00. The van der Waals surface area contributed by atoms with Gasteiger partial charge in [0.1, 0.15) is 59.5 Å². The Kier molecular flexibility index (Phi) is 95.7. The Bertz CT molecular complexity index is 575. The molecule has 0 radical (unpaired) electrons. The molecule has 0 aliphatic rings. The van der Waals surface area contributed by atoms with E-state index < -0.39 is 113 Å². The van der Waals surface area contributed by atoms with E-state index in [2.05, 4.69) is 0 Å². The molecule has 46 heavy (non-hydrogen) atoms. The molecule has 272 valence electrons. The zero-order valence-electron chi connectivity index (χ0n) is 24.6. The quantitative estimate of drug-likeness (QED) is 0.0988. The number of aliphatic carboxylic acids is 9. The van der Waals surface area contributed by atoms with Crippen LogP contribution in [0, 0.1) is 0 Å². The van der Waals surface area contributed by atoms with Gasteiger partial charge in [-0.25, -0.2) is 43.2 Å². The second kappa shape index (κ2) is 64.0. The van der Waals surface area contributed by atoms with Crippen molar-refractivity contribution in [2.24, 2.45) is 0 Å². The predicted octanol–water partition coefficient (Wildman–Crippen LogP) is -11.3. The first-order valence-electron chi connectivity index (χ1n) is 9.88. The normalized spacial score (nSPS) is 7.24. The molecule has 0 aromatic rings. The first-order valence-corrected chi connectivity index (χ1v) is 9.88. The summed E-state index contributed by atoms with van der Waals surface area (Å²) in [6.07, 6.45) is 0. The predicted molar refractivity (Wildman–Crippen MR) is 134 cm³/mol. The Balaban J connectivity index is -0.0000000343. The first kappa shape index (κ1) is 68.9. The molecule has 0 spiro atoms. The maximum atomic E-state index is 9.12. The minimum atomic E-state index is -1.19. The van der Waals surface area contributed by atoms with Crippen molar-refractivity contribution >= 4 is 53.7 Å². The van der Waals surface area contributed by atoms with Gasteiger partial charge in [-0.05, 0) is 0 Å². The fraction of sp³-hybridized carbons (Fsp3) is 0.500. The number of aliphatic hydroxyl groups excluding tert-OH is 9. The molecule has 0 saturated heterocycles. The van der Waals surface area contributed by atoms with Crippen LogP contribution in [0.2, 0.25) is 0 Å². The average Bonchev–Trinajstić information content (AvgIpc) is 2.99. The number of aliphatic hydroxyl groups is 9. The van der Waals surface area contributed by atoms with Crippen LogP contribution in [0.5, 0.6) is 0 Å². The van der Waals surface area contributed by atoms with Gasteiger partial charge in [0.05, 0.1) is 0 Å². The number of hydrogen-bond donors (Lipinski definition) is 18. The molecule has 0 saturated carbocycles. The second-order valence-corrected chi connectivity index (χ2v) is 4.97. The molecule has 18 N–H and O–H groups in total.